The highest BCUT2D eigenvalue weighted by molar-refractivity contribution is 5.77. The molecular formula is C23H28N4O3. The quantitative estimate of drug-likeness (QED) is 0.676. The smallest absolute Gasteiger partial charge is 0.258 e. The number of H-pyrrole nitrogens is 1. The van der Waals surface area contributed by atoms with Crippen LogP contribution in [0.15, 0.2) is 47.3 Å². The van der Waals surface area contributed by atoms with E-state index in [4.69, 9.17) is 14.5 Å². The Morgan fingerprint density at radius 2 is 1.83 bits per heavy atom. The minimum Gasteiger partial charge on any atom is -0.497 e. The number of aromatic amines is 1. The van der Waals surface area contributed by atoms with Gasteiger partial charge < -0.3 is 14.5 Å². The van der Waals surface area contributed by atoms with E-state index in [0.717, 1.165) is 61.1 Å². The maximum atomic E-state index is 12.4. The Morgan fingerprint density at radius 3 is 2.57 bits per heavy atom. The molecule has 0 radical (unpaired) electrons. The minimum atomic E-state index is -0.0776. The van der Waals surface area contributed by atoms with Crippen LogP contribution in [0.5, 0.6) is 11.5 Å². The normalized spacial score (nSPS) is 16.5. The molecule has 4 rings (SSSR count). The average molecular weight is 409 g/mol. The number of para-hydroxylation sites is 1. The van der Waals surface area contributed by atoms with Crippen LogP contribution in [0.1, 0.15) is 24.4 Å². The lowest BCUT2D eigenvalue weighted by atomic mass is 10.1. The summed E-state index contributed by atoms with van der Waals surface area (Å²) in [7, 11) is 3.37. The minimum absolute atomic E-state index is 0.0517. The molecule has 2 aromatic carbocycles. The second-order valence-corrected chi connectivity index (χ2v) is 7.63. The summed E-state index contributed by atoms with van der Waals surface area (Å²) >= 11 is 0. The van der Waals surface area contributed by atoms with Gasteiger partial charge >= 0.3 is 0 Å². The van der Waals surface area contributed by atoms with Crippen LogP contribution in [0.2, 0.25) is 0 Å². The van der Waals surface area contributed by atoms with E-state index >= 15 is 0 Å². The van der Waals surface area contributed by atoms with Crippen molar-refractivity contribution in [2.75, 3.05) is 40.4 Å². The number of aromatic nitrogens is 2. The van der Waals surface area contributed by atoms with E-state index < -0.39 is 0 Å². The zero-order valence-corrected chi connectivity index (χ0v) is 17.7. The lowest BCUT2D eigenvalue weighted by Gasteiger charge is -2.37. The number of rotatable bonds is 6. The van der Waals surface area contributed by atoms with Gasteiger partial charge in [0.05, 0.1) is 31.2 Å². The number of hydrogen-bond acceptors (Lipinski definition) is 6. The number of benzene rings is 2. The lowest BCUT2D eigenvalue weighted by Crippen LogP contribution is -2.47. The standard InChI is InChI=1S/C23H28N4O3/c1-16(22-24-20-7-5-4-6-19(20)23(28)25-22)27-12-10-26(11-13-27)15-17-14-18(29-2)8-9-21(17)30-3/h4-9,14,16H,10-13,15H2,1-3H3,(H,24,25,28)/t16-/m0/s1. The highest BCUT2D eigenvalue weighted by atomic mass is 16.5. The fraction of sp³-hybridized carbons (Fsp3) is 0.391. The summed E-state index contributed by atoms with van der Waals surface area (Å²) in [5.74, 6) is 2.44. The topological polar surface area (TPSA) is 70.7 Å². The van der Waals surface area contributed by atoms with Crippen molar-refractivity contribution in [1.82, 2.24) is 19.8 Å². The molecule has 1 aromatic heterocycles. The van der Waals surface area contributed by atoms with Crippen LogP contribution in [0, 0.1) is 0 Å². The molecule has 1 fully saturated rings. The molecule has 0 amide bonds. The number of fused-ring (bicyclic) bond motifs is 1. The summed E-state index contributed by atoms with van der Waals surface area (Å²) in [5, 5.41) is 0.630. The van der Waals surface area contributed by atoms with Gasteiger partial charge in [-0.05, 0) is 37.3 Å². The molecule has 3 aromatic rings. The zero-order chi connectivity index (χ0) is 21.1. The van der Waals surface area contributed by atoms with Gasteiger partial charge in [-0.25, -0.2) is 4.98 Å². The van der Waals surface area contributed by atoms with E-state index in [9.17, 15) is 4.79 Å². The van der Waals surface area contributed by atoms with Crippen molar-refractivity contribution in [3.63, 3.8) is 0 Å². The zero-order valence-electron chi connectivity index (χ0n) is 17.7. The predicted molar refractivity (Wildman–Crippen MR) is 117 cm³/mol. The third kappa shape index (κ3) is 4.17. The summed E-state index contributed by atoms with van der Waals surface area (Å²) in [5.41, 5.74) is 1.79. The third-order valence-corrected chi connectivity index (χ3v) is 5.86. The number of methoxy groups -OCH3 is 2. The Hall–Kier alpha value is -2.90. The first-order chi connectivity index (χ1) is 14.6. The maximum Gasteiger partial charge on any atom is 0.258 e. The largest absolute Gasteiger partial charge is 0.497 e. The van der Waals surface area contributed by atoms with Crippen LogP contribution in [-0.4, -0.2) is 60.2 Å². The van der Waals surface area contributed by atoms with Crippen molar-refractivity contribution in [1.29, 1.82) is 0 Å². The van der Waals surface area contributed by atoms with Gasteiger partial charge in [0.25, 0.3) is 5.56 Å². The Balaban J connectivity index is 1.43. The highest BCUT2D eigenvalue weighted by Crippen LogP contribution is 2.26. The van der Waals surface area contributed by atoms with E-state index in [2.05, 4.69) is 21.7 Å². The number of nitrogens with zero attached hydrogens (tertiary/aromatic N) is 3. The second kappa shape index (κ2) is 8.85. The van der Waals surface area contributed by atoms with E-state index in [1.807, 2.05) is 36.4 Å². The van der Waals surface area contributed by atoms with E-state index in [1.165, 1.54) is 0 Å². The van der Waals surface area contributed by atoms with E-state index in [-0.39, 0.29) is 11.6 Å². The van der Waals surface area contributed by atoms with Crippen molar-refractivity contribution in [3.8, 4) is 11.5 Å². The van der Waals surface area contributed by atoms with Crippen molar-refractivity contribution in [3.05, 3.63) is 64.2 Å². The Morgan fingerprint density at radius 1 is 1.07 bits per heavy atom. The van der Waals surface area contributed by atoms with Crippen molar-refractivity contribution < 1.29 is 9.47 Å². The van der Waals surface area contributed by atoms with Gasteiger partial charge in [0, 0.05) is 38.3 Å². The second-order valence-electron chi connectivity index (χ2n) is 7.63. The molecule has 158 valence electrons. The average Bonchev–Trinajstić information content (AvgIpc) is 2.79. The molecule has 2 heterocycles. The van der Waals surface area contributed by atoms with Crippen LogP contribution in [0.25, 0.3) is 10.9 Å². The van der Waals surface area contributed by atoms with Gasteiger partial charge in [-0.1, -0.05) is 12.1 Å². The van der Waals surface area contributed by atoms with Crippen molar-refractivity contribution >= 4 is 10.9 Å². The molecule has 1 aliphatic rings. The van der Waals surface area contributed by atoms with E-state index in [0.29, 0.717) is 5.39 Å². The monoisotopic (exact) mass is 408 g/mol. The number of piperazine rings is 1. The third-order valence-electron chi connectivity index (χ3n) is 5.86. The van der Waals surface area contributed by atoms with Gasteiger partial charge in [-0.3, -0.25) is 14.6 Å². The molecule has 0 spiro atoms. The molecular weight excluding hydrogens is 380 g/mol. The summed E-state index contributed by atoms with van der Waals surface area (Å²) < 4.78 is 10.9. The summed E-state index contributed by atoms with van der Waals surface area (Å²) in [6.07, 6.45) is 0. The van der Waals surface area contributed by atoms with Crippen LogP contribution in [0.4, 0.5) is 0 Å². The molecule has 30 heavy (non-hydrogen) atoms. The summed E-state index contributed by atoms with van der Waals surface area (Å²) in [6, 6.07) is 13.4. The van der Waals surface area contributed by atoms with Crippen LogP contribution >= 0.6 is 0 Å². The molecule has 1 atom stereocenters. The molecule has 0 unspecified atom stereocenters. The molecule has 0 aliphatic carbocycles. The lowest BCUT2D eigenvalue weighted by molar-refractivity contribution is 0.0942. The van der Waals surface area contributed by atoms with Gasteiger partial charge in [0.15, 0.2) is 0 Å². The van der Waals surface area contributed by atoms with Crippen molar-refractivity contribution in [2.45, 2.75) is 19.5 Å². The van der Waals surface area contributed by atoms with Crippen LogP contribution in [-0.2, 0) is 6.54 Å². The molecule has 1 aliphatic heterocycles. The Kier molecular flexibility index (Phi) is 6.01. The fourth-order valence-corrected chi connectivity index (χ4v) is 4.03. The van der Waals surface area contributed by atoms with Gasteiger partial charge in [-0.15, -0.1) is 0 Å². The summed E-state index contributed by atoms with van der Waals surface area (Å²) in [6.45, 7) is 6.60. The number of hydrogen-bond donors (Lipinski definition) is 1. The number of ether oxygens (including phenoxy) is 2. The molecule has 0 bridgehead atoms. The first-order valence-corrected chi connectivity index (χ1v) is 10.3. The Bertz CT molecular complexity index is 1070. The van der Waals surface area contributed by atoms with Crippen LogP contribution in [0.3, 0.4) is 0 Å². The van der Waals surface area contributed by atoms with Crippen LogP contribution < -0.4 is 15.0 Å². The Labute approximate surface area is 176 Å². The van der Waals surface area contributed by atoms with Crippen molar-refractivity contribution in [2.24, 2.45) is 0 Å². The van der Waals surface area contributed by atoms with Gasteiger partial charge in [0.2, 0.25) is 0 Å². The predicted octanol–water partition coefficient (Wildman–Crippen LogP) is 2.82. The van der Waals surface area contributed by atoms with Gasteiger partial charge in [-0.2, -0.15) is 0 Å². The van der Waals surface area contributed by atoms with E-state index in [1.54, 1.807) is 20.3 Å². The molecule has 7 heteroatoms. The first-order valence-electron chi connectivity index (χ1n) is 10.3. The fourth-order valence-electron chi connectivity index (χ4n) is 4.03. The van der Waals surface area contributed by atoms with Gasteiger partial charge in [0.1, 0.15) is 17.3 Å². The molecule has 0 saturated carbocycles. The summed E-state index contributed by atoms with van der Waals surface area (Å²) in [4.78, 5) is 24.9. The number of nitrogens with one attached hydrogen (secondary N) is 1. The highest BCUT2D eigenvalue weighted by Gasteiger charge is 2.24. The molecule has 1 saturated heterocycles. The molecule has 7 nitrogen and oxygen atoms in total. The first kappa shape index (κ1) is 20.4. The SMILES string of the molecule is COc1ccc(OC)c(CN2CCN([C@@H](C)c3nc4ccccc4c(=O)[nH]3)CC2)c1. The maximum absolute atomic E-state index is 12.4. The molecule has 1 N–H and O–H groups in total.